The second kappa shape index (κ2) is 9.40. The lowest BCUT2D eigenvalue weighted by Crippen LogP contribution is -2.25. The number of nitro groups is 1. The summed E-state index contributed by atoms with van der Waals surface area (Å²) in [7, 11) is 0. The van der Waals surface area contributed by atoms with Crippen LogP contribution in [-0.4, -0.2) is 34.7 Å². The number of aromatic nitrogens is 1. The molecular weight excluding hydrogens is 412 g/mol. The SMILES string of the molecule is Cc1cc(OCC(=O)Nc2c(C#N)c3c(n2CC2CCCO2)CCCC3)ccc1[N+](=O)[O-]. The average Bonchev–Trinajstić information content (AvgIpc) is 3.39. The monoisotopic (exact) mass is 438 g/mol. The number of nitrogens with one attached hydrogen (secondary N) is 1. The van der Waals surface area contributed by atoms with Gasteiger partial charge < -0.3 is 19.4 Å². The van der Waals surface area contributed by atoms with E-state index in [1.165, 1.54) is 18.2 Å². The van der Waals surface area contributed by atoms with Crippen LogP contribution in [0.2, 0.25) is 0 Å². The number of hydrogen-bond acceptors (Lipinski definition) is 6. The summed E-state index contributed by atoms with van der Waals surface area (Å²) in [5, 5.41) is 23.7. The number of hydrogen-bond donors (Lipinski definition) is 1. The van der Waals surface area contributed by atoms with Crippen molar-refractivity contribution in [2.45, 2.75) is 58.1 Å². The maximum absolute atomic E-state index is 12.7. The molecule has 1 aromatic carbocycles. The van der Waals surface area contributed by atoms with Crippen molar-refractivity contribution in [2.75, 3.05) is 18.5 Å². The lowest BCUT2D eigenvalue weighted by Gasteiger charge is -2.20. The molecule has 168 valence electrons. The number of nitrogens with zero attached hydrogens (tertiary/aromatic N) is 3. The Bertz CT molecular complexity index is 1080. The van der Waals surface area contributed by atoms with Gasteiger partial charge in [-0.3, -0.25) is 14.9 Å². The van der Waals surface area contributed by atoms with Crippen LogP contribution in [0.3, 0.4) is 0 Å². The van der Waals surface area contributed by atoms with Gasteiger partial charge in [-0.2, -0.15) is 5.26 Å². The van der Waals surface area contributed by atoms with E-state index < -0.39 is 4.92 Å². The zero-order valence-electron chi connectivity index (χ0n) is 18.1. The van der Waals surface area contributed by atoms with Crippen LogP contribution in [0.4, 0.5) is 11.5 Å². The molecule has 2 aromatic rings. The number of carbonyl (C=O) groups excluding carboxylic acids is 1. The van der Waals surface area contributed by atoms with Crippen LogP contribution in [0.1, 0.15) is 48.1 Å². The summed E-state index contributed by atoms with van der Waals surface area (Å²) in [6.45, 7) is 2.70. The number of benzene rings is 1. The van der Waals surface area contributed by atoms with Crippen LogP contribution >= 0.6 is 0 Å². The van der Waals surface area contributed by atoms with Gasteiger partial charge in [-0.1, -0.05) is 0 Å². The van der Waals surface area contributed by atoms with Crippen molar-refractivity contribution in [1.82, 2.24) is 4.57 Å². The third-order valence-corrected chi connectivity index (χ3v) is 6.09. The first-order valence-corrected chi connectivity index (χ1v) is 10.9. The fraction of sp³-hybridized carbons (Fsp3) is 0.478. The molecule has 4 rings (SSSR count). The van der Waals surface area contributed by atoms with Gasteiger partial charge in [0.25, 0.3) is 11.6 Å². The molecule has 1 aromatic heterocycles. The summed E-state index contributed by atoms with van der Waals surface area (Å²) in [5.74, 6) is 0.502. The van der Waals surface area contributed by atoms with E-state index in [2.05, 4.69) is 16.0 Å². The molecule has 32 heavy (non-hydrogen) atoms. The van der Waals surface area contributed by atoms with Crippen molar-refractivity contribution in [3.63, 3.8) is 0 Å². The van der Waals surface area contributed by atoms with E-state index in [0.717, 1.165) is 56.4 Å². The molecule has 2 aliphatic rings. The first-order valence-electron chi connectivity index (χ1n) is 10.9. The molecule has 9 nitrogen and oxygen atoms in total. The van der Waals surface area contributed by atoms with Gasteiger partial charge in [0.2, 0.25) is 0 Å². The number of nitro benzene ring substituents is 1. The fourth-order valence-electron chi connectivity index (χ4n) is 4.55. The molecule has 1 fully saturated rings. The Morgan fingerprint density at radius 1 is 1.38 bits per heavy atom. The molecule has 9 heteroatoms. The number of anilines is 1. The highest BCUT2D eigenvalue weighted by Crippen LogP contribution is 2.34. The van der Waals surface area contributed by atoms with Gasteiger partial charge >= 0.3 is 0 Å². The number of fused-ring (bicyclic) bond motifs is 1. The van der Waals surface area contributed by atoms with Gasteiger partial charge in [0.1, 0.15) is 17.6 Å². The van der Waals surface area contributed by atoms with Crippen molar-refractivity contribution >= 4 is 17.4 Å². The van der Waals surface area contributed by atoms with E-state index >= 15 is 0 Å². The summed E-state index contributed by atoms with van der Waals surface area (Å²) in [5.41, 5.74) is 3.12. The van der Waals surface area contributed by atoms with Crippen LogP contribution in [0.5, 0.6) is 5.75 Å². The molecule has 2 heterocycles. The minimum Gasteiger partial charge on any atom is -0.484 e. The summed E-state index contributed by atoms with van der Waals surface area (Å²) in [6.07, 6.45) is 5.86. The zero-order chi connectivity index (χ0) is 22.7. The molecule has 1 amide bonds. The Hall–Kier alpha value is -3.38. The van der Waals surface area contributed by atoms with E-state index in [1.54, 1.807) is 6.92 Å². The summed E-state index contributed by atoms with van der Waals surface area (Å²) in [4.78, 5) is 23.2. The van der Waals surface area contributed by atoms with E-state index in [-0.39, 0.29) is 24.3 Å². The Balaban J connectivity index is 1.52. The number of aryl methyl sites for hydroxylation is 1. The Morgan fingerprint density at radius 2 is 2.19 bits per heavy atom. The second-order valence-corrected chi connectivity index (χ2v) is 8.26. The van der Waals surface area contributed by atoms with Crippen molar-refractivity contribution in [3.05, 3.63) is 50.7 Å². The summed E-state index contributed by atoms with van der Waals surface area (Å²) >= 11 is 0. The van der Waals surface area contributed by atoms with Crippen molar-refractivity contribution < 1.29 is 19.2 Å². The molecule has 0 radical (unpaired) electrons. The van der Waals surface area contributed by atoms with Crippen LogP contribution in [0.25, 0.3) is 0 Å². The molecule has 1 saturated heterocycles. The molecular formula is C23H26N4O5. The topological polar surface area (TPSA) is 119 Å². The number of ether oxygens (including phenoxy) is 2. The average molecular weight is 438 g/mol. The lowest BCUT2D eigenvalue weighted by molar-refractivity contribution is -0.385. The second-order valence-electron chi connectivity index (χ2n) is 8.26. The highest BCUT2D eigenvalue weighted by molar-refractivity contribution is 5.93. The first kappa shape index (κ1) is 21.8. The van der Waals surface area contributed by atoms with Crippen LogP contribution in [-0.2, 0) is 28.9 Å². The largest absolute Gasteiger partial charge is 0.484 e. The molecule has 1 N–H and O–H groups in total. The predicted molar refractivity (Wildman–Crippen MR) is 117 cm³/mol. The molecule has 1 unspecified atom stereocenters. The quantitative estimate of drug-likeness (QED) is 0.520. The highest BCUT2D eigenvalue weighted by Gasteiger charge is 2.28. The third kappa shape index (κ3) is 4.46. The zero-order valence-corrected chi connectivity index (χ0v) is 18.1. The maximum atomic E-state index is 12.7. The number of rotatable bonds is 7. The minimum absolute atomic E-state index is 0.00185. The molecule has 0 spiro atoms. The van der Waals surface area contributed by atoms with Gasteiger partial charge in [-0.05, 0) is 63.1 Å². The normalized spacial score (nSPS) is 17.4. The predicted octanol–water partition coefficient (Wildman–Crippen LogP) is 3.65. The van der Waals surface area contributed by atoms with E-state index in [0.29, 0.717) is 29.2 Å². The summed E-state index contributed by atoms with van der Waals surface area (Å²) < 4.78 is 13.4. The van der Waals surface area contributed by atoms with Gasteiger partial charge in [0, 0.05) is 23.9 Å². The Kier molecular flexibility index (Phi) is 6.42. The van der Waals surface area contributed by atoms with Gasteiger partial charge in [-0.15, -0.1) is 0 Å². The van der Waals surface area contributed by atoms with Gasteiger partial charge in [0.15, 0.2) is 6.61 Å². The maximum Gasteiger partial charge on any atom is 0.272 e. The van der Waals surface area contributed by atoms with Gasteiger partial charge in [-0.25, -0.2) is 0 Å². The van der Waals surface area contributed by atoms with Crippen LogP contribution in [0, 0.1) is 28.4 Å². The smallest absolute Gasteiger partial charge is 0.272 e. The first-order chi connectivity index (χ1) is 15.5. The van der Waals surface area contributed by atoms with Gasteiger partial charge in [0.05, 0.1) is 23.1 Å². The summed E-state index contributed by atoms with van der Waals surface area (Å²) in [6, 6.07) is 6.65. The molecule has 0 saturated carbocycles. The highest BCUT2D eigenvalue weighted by atomic mass is 16.6. The minimum atomic E-state index is -0.459. The lowest BCUT2D eigenvalue weighted by atomic mass is 9.95. The van der Waals surface area contributed by atoms with Crippen molar-refractivity contribution in [1.29, 1.82) is 5.26 Å². The molecule has 0 bridgehead atoms. The van der Waals surface area contributed by atoms with Crippen molar-refractivity contribution in [3.8, 4) is 11.8 Å². The number of carbonyl (C=O) groups is 1. The third-order valence-electron chi connectivity index (χ3n) is 6.09. The number of amides is 1. The van der Waals surface area contributed by atoms with E-state index in [4.69, 9.17) is 9.47 Å². The number of nitriles is 1. The van der Waals surface area contributed by atoms with E-state index in [1.807, 2.05) is 0 Å². The van der Waals surface area contributed by atoms with Crippen LogP contribution < -0.4 is 10.1 Å². The van der Waals surface area contributed by atoms with Crippen molar-refractivity contribution in [2.24, 2.45) is 0 Å². The molecule has 1 aliphatic carbocycles. The van der Waals surface area contributed by atoms with Crippen LogP contribution in [0.15, 0.2) is 18.2 Å². The van der Waals surface area contributed by atoms with E-state index in [9.17, 15) is 20.2 Å². The standard InChI is InChI=1S/C23H26N4O5/c1-15-11-16(8-9-20(15)27(29)30)32-14-22(28)25-23-19(12-24)18-6-2-3-7-21(18)26(23)13-17-5-4-10-31-17/h8-9,11,17H,2-7,10,13-14H2,1H3,(H,25,28). The molecule has 1 atom stereocenters. The Labute approximate surface area is 186 Å². The molecule has 1 aliphatic heterocycles. The Morgan fingerprint density at radius 3 is 2.88 bits per heavy atom. The fourth-order valence-corrected chi connectivity index (χ4v) is 4.55.